The first-order chi connectivity index (χ1) is 8.69. The molecule has 94 valence electrons. The van der Waals surface area contributed by atoms with Gasteiger partial charge in [-0.1, -0.05) is 12.1 Å². The summed E-state index contributed by atoms with van der Waals surface area (Å²) in [5, 5.41) is 0. The van der Waals surface area contributed by atoms with E-state index in [1.165, 1.54) is 12.1 Å². The number of benzene rings is 2. The largest absolute Gasteiger partial charge is 0.497 e. The Balaban J connectivity index is 2.04. The van der Waals surface area contributed by atoms with Crippen molar-refractivity contribution in [2.24, 2.45) is 0 Å². The van der Waals surface area contributed by atoms with E-state index in [1.807, 2.05) is 0 Å². The van der Waals surface area contributed by atoms with Gasteiger partial charge in [0, 0.05) is 6.07 Å². The number of rotatable bonds is 4. The molecule has 0 atom stereocenters. The average molecular weight is 247 g/mol. The van der Waals surface area contributed by atoms with Crippen LogP contribution in [0.5, 0.6) is 11.5 Å². The maximum atomic E-state index is 12.7. The lowest BCUT2D eigenvalue weighted by Gasteiger charge is -2.10. The Bertz CT molecular complexity index is 526. The first-order valence-corrected chi connectivity index (χ1v) is 5.50. The molecule has 0 unspecified atom stereocenters. The third-order valence-corrected chi connectivity index (χ3v) is 2.52. The smallest absolute Gasteiger partial charge is 0.142 e. The summed E-state index contributed by atoms with van der Waals surface area (Å²) < 4.78 is 23.3. The second-order valence-corrected chi connectivity index (χ2v) is 3.82. The Morgan fingerprint density at radius 1 is 1.11 bits per heavy atom. The van der Waals surface area contributed by atoms with Crippen molar-refractivity contribution in [2.45, 2.75) is 6.61 Å². The molecule has 2 aromatic rings. The van der Waals surface area contributed by atoms with Crippen molar-refractivity contribution in [1.29, 1.82) is 0 Å². The zero-order valence-corrected chi connectivity index (χ0v) is 10.0. The van der Waals surface area contributed by atoms with Gasteiger partial charge in [-0.25, -0.2) is 4.39 Å². The van der Waals surface area contributed by atoms with Crippen LogP contribution in [0, 0.1) is 5.82 Å². The molecule has 0 aliphatic heterocycles. The van der Waals surface area contributed by atoms with Gasteiger partial charge in [-0.2, -0.15) is 0 Å². The first kappa shape index (κ1) is 12.2. The summed E-state index contributed by atoms with van der Waals surface area (Å²) in [4.78, 5) is 0. The Morgan fingerprint density at radius 3 is 2.44 bits per heavy atom. The van der Waals surface area contributed by atoms with Crippen molar-refractivity contribution in [3.63, 3.8) is 0 Å². The highest BCUT2D eigenvalue weighted by molar-refractivity contribution is 5.56. The molecule has 0 aromatic heterocycles. The summed E-state index contributed by atoms with van der Waals surface area (Å²) in [5.74, 6) is 1.00. The number of nitrogens with two attached hydrogens (primary N) is 1. The second kappa shape index (κ2) is 5.40. The second-order valence-electron chi connectivity index (χ2n) is 3.82. The van der Waals surface area contributed by atoms with Crippen LogP contribution in [0.15, 0.2) is 42.5 Å². The molecule has 0 amide bonds. The molecule has 0 saturated heterocycles. The van der Waals surface area contributed by atoms with Gasteiger partial charge in [0.1, 0.15) is 23.9 Å². The first-order valence-electron chi connectivity index (χ1n) is 5.50. The molecule has 3 nitrogen and oxygen atoms in total. The lowest BCUT2D eigenvalue weighted by molar-refractivity contribution is 0.307. The fourth-order valence-corrected chi connectivity index (χ4v) is 1.53. The van der Waals surface area contributed by atoms with E-state index < -0.39 is 0 Å². The normalized spacial score (nSPS) is 10.1. The van der Waals surface area contributed by atoms with Crippen LogP contribution in [0.2, 0.25) is 0 Å². The van der Waals surface area contributed by atoms with Crippen LogP contribution in [0.1, 0.15) is 5.56 Å². The van der Waals surface area contributed by atoms with Crippen molar-refractivity contribution in [2.75, 3.05) is 12.8 Å². The Labute approximate surface area is 105 Å². The molecule has 0 spiro atoms. The van der Waals surface area contributed by atoms with Crippen molar-refractivity contribution >= 4 is 5.69 Å². The minimum atomic E-state index is -0.261. The standard InChI is InChI=1S/C14H14FNO2/c1-17-12-6-7-14(13(16)8-12)18-9-10-2-4-11(15)5-3-10/h2-8H,9,16H2,1H3. The number of halogens is 1. The molecule has 2 rings (SSSR count). The molecular formula is C14H14FNO2. The molecule has 0 aliphatic carbocycles. The maximum absolute atomic E-state index is 12.7. The third kappa shape index (κ3) is 2.91. The van der Waals surface area contributed by atoms with Crippen LogP contribution >= 0.6 is 0 Å². The van der Waals surface area contributed by atoms with Crippen LogP contribution in [0.3, 0.4) is 0 Å². The number of hydrogen-bond donors (Lipinski definition) is 1. The highest BCUT2D eigenvalue weighted by atomic mass is 19.1. The monoisotopic (exact) mass is 247 g/mol. The lowest BCUT2D eigenvalue weighted by Crippen LogP contribution is -1.99. The van der Waals surface area contributed by atoms with Crippen LogP contribution < -0.4 is 15.2 Å². The van der Waals surface area contributed by atoms with Crippen molar-refractivity contribution in [3.05, 3.63) is 53.8 Å². The maximum Gasteiger partial charge on any atom is 0.142 e. The molecule has 0 aliphatic rings. The fraction of sp³-hybridized carbons (Fsp3) is 0.143. The summed E-state index contributed by atoms with van der Waals surface area (Å²) >= 11 is 0. The van der Waals surface area contributed by atoms with Crippen LogP contribution in [0.4, 0.5) is 10.1 Å². The van der Waals surface area contributed by atoms with E-state index in [4.69, 9.17) is 15.2 Å². The predicted octanol–water partition coefficient (Wildman–Crippen LogP) is 3.00. The van der Waals surface area contributed by atoms with Gasteiger partial charge >= 0.3 is 0 Å². The van der Waals surface area contributed by atoms with Crippen LogP contribution in [-0.4, -0.2) is 7.11 Å². The molecule has 4 heteroatoms. The van der Waals surface area contributed by atoms with Gasteiger partial charge in [0.2, 0.25) is 0 Å². The average Bonchev–Trinajstić information content (AvgIpc) is 2.39. The van der Waals surface area contributed by atoms with Gasteiger partial charge < -0.3 is 15.2 Å². The lowest BCUT2D eigenvalue weighted by atomic mass is 10.2. The summed E-state index contributed by atoms with van der Waals surface area (Å²) in [6.07, 6.45) is 0. The summed E-state index contributed by atoms with van der Waals surface area (Å²) in [7, 11) is 1.58. The number of ether oxygens (including phenoxy) is 2. The van der Waals surface area contributed by atoms with Gasteiger partial charge in [-0.3, -0.25) is 0 Å². The number of nitrogen functional groups attached to an aromatic ring is 1. The molecular weight excluding hydrogens is 233 g/mol. The van der Waals surface area contributed by atoms with E-state index in [9.17, 15) is 4.39 Å². The quantitative estimate of drug-likeness (QED) is 0.845. The van der Waals surface area contributed by atoms with E-state index in [0.29, 0.717) is 23.8 Å². The van der Waals surface area contributed by atoms with Crippen molar-refractivity contribution in [3.8, 4) is 11.5 Å². The van der Waals surface area contributed by atoms with E-state index in [0.717, 1.165) is 5.56 Å². The SMILES string of the molecule is COc1ccc(OCc2ccc(F)cc2)c(N)c1. The highest BCUT2D eigenvalue weighted by Crippen LogP contribution is 2.26. The molecule has 0 saturated carbocycles. The van der Waals surface area contributed by atoms with Crippen molar-refractivity contribution < 1.29 is 13.9 Å². The molecule has 2 aromatic carbocycles. The zero-order chi connectivity index (χ0) is 13.0. The fourth-order valence-electron chi connectivity index (χ4n) is 1.53. The highest BCUT2D eigenvalue weighted by Gasteiger charge is 2.03. The Hall–Kier alpha value is -2.23. The number of methoxy groups -OCH3 is 1. The van der Waals surface area contributed by atoms with Gasteiger partial charge in [0.25, 0.3) is 0 Å². The number of hydrogen-bond acceptors (Lipinski definition) is 3. The van der Waals surface area contributed by atoms with E-state index >= 15 is 0 Å². The third-order valence-electron chi connectivity index (χ3n) is 2.52. The van der Waals surface area contributed by atoms with Crippen molar-refractivity contribution in [1.82, 2.24) is 0 Å². The Kier molecular flexibility index (Phi) is 3.67. The summed E-state index contributed by atoms with van der Waals surface area (Å²) in [6.45, 7) is 0.344. The Morgan fingerprint density at radius 2 is 1.83 bits per heavy atom. The summed E-state index contributed by atoms with van der Waals surface area (Å²) in [5.41, 5.74) is 7.21. The van der Waals surface area contributed by atoms with E-state index in [1.54, 1.807) is 37.4 Å². The van der Waals surface area contributed by atoms with Gasteiger partial charge in [-0.15, -0.1) is 0 Å². The van der Waals surface area contributed by atoms with Gasteiger partial charge in [0.15, 0.2) is 0 Å². The van der Waals surface area contributed by atoms with Crippen LogP contribution in [0.25, 0.3) is 0 Å². The van der Waals surface area contributed by atoms with E-state index in [-0.39, 0.29) is 5.82 Å². The number of anilines is 1. The van der Waals surface area contributed by atoms with Gasteiger partial charge in [0.05, 0.1) is 12.8 Å². The van der Waals surface area contributed by atoms with Gasteiger partial charge in [-0.05, 0) is 29.8 Å². The molecule has 0 heterocycles. The summed E-state index contributed by atoms with van der Waals surface area (Å²) in [6, 6.07) is 11.4. The molecule has 18 heavy (non-hydrogen) atoms. The molecule has 0 radical (unpaired) electrons. The zero-order valence-electron chi connectivity index (χ0n) is 10.0. The minimum Gasteiger partial charge on any atom is -0.497 e. The predicted molar refractivity (Wildman–Crippen MR) is 68.1 cm³/mol. The molecule has 0 fully saturated rings. The molecule has 2 N–H and O–H groups in total. The van der Waals surface area contributed by atoms with Crippen LogP contribution in [-0.2, 0) is 6.61 Å². The molecule has 0 bridgehead atoms. The van der Waals surface area contributed by atoms with E-state index in [2.05, 4.69) is 0 Å². The topological polar surface area (TPSA) is 44.5 Å². The minimum absolute atomic E-state index is 0.261.